The number of rotatable bonds is 7. The number of hydrogen-bond acceptors (Lipinski definition) is 7. The molecule has 4 N–H and O–H groups in total. The van der Waals surface area contributed by atoms with Crippen LogP contribution in [0.1, 0.15) is 13.3 Å². The van der Waals surface area contributed by atoms with Crippen molar-refractivity contribution in [2.24, 2.45) is 5.84 Å². The fourth-order valence-corrected chi connectivity index (χ4v) is 2.34. The van der Waals surface area contributed by atoms with Gasteiger partial charge in [0.15, 0.2) is 0 Å². The highest BCUT2D eigenvalue weighted by molar-refractivity contribution is 7.16. The molecule has 18 heavy (non-hydrogen) atoms. The van der Waals surface area contributed by atoms with Crippen LogP contribution in [0.5, 0.6) is 0 Å². The predicted molar refractivity (Wildman–Crippen MR) is 74.8 cm³/mol. The third-order valence-electron chi connectivity index (χ3n) is 2.42. The summed E-state index contributed by atoms with van der Waals surface area (Å²) >= 11 is 1.57. The number of nitrogens with two attached hydrogens (primary N) is 1. The zero-order valence-electron chi connectivity index (χ0n) is 10.3. The van der Waals surface area contributed by atoms with Crippen molar-refractivity contribution in [2.75, 3.05) is 30.5 Å². The van der Waals surface area contributed by atoms with Crippen LogP contribution in [0.15, 0.2) is 11.4 Å². The first-order valence-corrected chi connectivity index (χ1v) is 6.76. The number of nitrogens with zero attached hydrogens (tertiary/aromatic N) is 2. The lowest BCUT2D eigenvalue weighted by molar-refractivity contribution is 0.147. The van der Waals surface area contributed by atoms with Crippen LogP contribution in [0.25, 0.3) is 10.2 Å². The first-order valence-electron chi connectivity index (χ1n) is 5.88. The summed E-state index contributed by atoms with van der Waals surface area (Å²) in [7, 11) is 0. The van der Waals surface area contributed by atoms with E-state index in [4.69, 9.17) is 10.6 Å². The van der Waals surface area contributed by atoms with Gasteiger partial charge < -0.3 is 10.1 Å². The van der Waals surface area contributed by atoms with E-state index in [1.54, 1.807) is 11.3 Å². The van der Waals surface area contributed by atoms with Crippen LogP contribution in [-0.4, -0.2) is 29.7 Å². The summed E-state index contributed by atoms with van der Waals surface area (Å²) in [6.07, 6.45) is 0.939. The van der Waals surface area contributed by atoms with Crippen LogP contribution >= 0.6 is 11.3 Å². The summed E-state index contributed by atoms with van der Waals surface area (Å²) in [4.78, 5) is 9.52. The van der Waals surface area contributed by atoms with Crippen molar-refractivity contribution in [2.45, 2.75) is 13.3 Å². The van der Waals surface area contributed by atoms with Gasteiger partial charge in [0.25, 0.3) is 0 Å². The van der Waals surface area contributed by atoms with Gasteiger partial charge in [0.05, 0.1) is 5.39 Å². The average molecular weight is 267 g/mol. The Labute approximate surface area is 110 Å². The van der Waals surface area contributed by atoms with E-state index in [0.717, 1.165) is 42.2 Å². The quantitative estimate of drug-likeness (QED) is 0.403. The van der Waals surface area contributed by atoms with E-state index in [0.29, 0.717) is 5.95 Å². The van der Waals surface area contributed by atoms with Crippen molar-refractivity contribution in [1.82, 2.24) is 9.97 Å². The largest absolute Gasteiger partial charge is 0.382 e. The Morgan fingerprint density at radius 2 is 2.33 bits per heavy atom. The van der Waals surface area contributed by atoms with Gasteiger partial charge in [-0.25, -0.2) is 10.8 Å². The number of fused-ring (bicyclic) bond motifs is 1. The number of hydrogen-bond donors (Lipinski definition) is 3. The molecule has 2 rings (SSSR count). The molecule has 0 aliphatic carbocycles. The van der Waals surface area contributed by atoms with Crippen molar-refractivity contribution < 1.29 is 4.74 Å². The molecule has 7 heteroatoms. The van der Waals surface area contributed by atoms with Crippen LogP contribution in [0.2, 0.25) is 0 Å². The average Bonchev–Trinajstić information content (AvgIpc) is 2.86. The molecular weight excluding hydrogens is 250 g/mol. The molecule has 0 aromatic carbocycles. The summed E-state index contributed by atoms with van der Waals surface area (Å²) in [5, 5.41) is 6.30. The van der Waals surface area contributed by atoms with Gasteiger partial charge in [-0.2, -0.15) is 4.98 Å². The van der Waals surface area contributed by atoms with Crippen molar-refractivity contribution in [3.05, 3.63) is 11.4 Å². The van der Waals surface area contributed by atoms with Gasteiger partial charge >= 0.3 is 0 Å². The minimum Gasteiger partial charge on any atom is -0.382 e. The Bertz CT molecular complexity index is 501. The number of ether oxygens (including phenoxy) is 1. The van der Waals surface area contributed by atoms with E-state index in [9.17, 15) is 0 Å². The highest BCUT2D eigenvalue weighted by Crippen LogP contribution is 2.26. The zero-order valence-corrected chi connectivity index (χ0v) is 11.1. The highest BCUT2D eigenvalue weighted by atomic mass is 32.1. The first-order chi connectivity index (χ1) is 8.85. The third-order valence-corrected chi connectivity index (χ3v) is 3.22. The van der Waals surface area contributed by atoms with Crippen LogP contribution in [-0.2, 0) is 4.74 Å². The maximum absolute atomic E-state index is 5.35. The normalized spacial score (nSPS) is 10.8. The van der Waals surface area contributed by atoms with Gasteiger partial charge in [-0.15, -0.1) is 11.3 Å². The lowest BCUT2D eigenvalue weighted by Gasteiger charge is -2.08. The van der Waals surface area contributed by atoms with Gasteiger partial charge in [-0.1, -0.05) is 0 Å². The first kappa shape index (κ1) is 13.0. The summed E-state index contributed by atoms with van der Waals surface area (Å²) in [5.41, 5.74) is 2.48. The highest BCUT2D eigenvalue weighted by Gasteiger charge is 2.07. The van der Waals surface area contributed by atoms with E-state index in [1.165, 1.54) is 0 Å². The third kappa shape index (κ3) is 3.06. The molecule has 0 saturated heterocycles. The van der Waals surface area contributed by atoms with Crippen LogP contribution in [0.4, 0.5) is 11.8 Å². The van der Waals surface area contributed by atoms with Crippen LogP contribution < -0.4 is 16.6 Å². The van der Waals surface area contributed by atoms with Crippen molar-refractivity contribution in [1.29, 1.82) is 0 Å². The molecule has 0 fully saturated rings. The van der Waals surface area contributed by atoms with Crippen molar-refractivity contribution >= 4 is 33.3 Å². The van der Waals surface area contributed by atoms with Gasteiger partial charge in [0, 0.05) is 19.8 Å². The molecule has 0 bridgehead atoms. The summed E-state index contributed by atoms with van der Waals surface area (Å²) in [6.45, 7) is 4.31. The molecule has 0 saturated carbocycles. The summed E-state index contributed by atoms with van der Waals surface area (Å²) in [5.74, 6) is 6.59. The molecule has 0 atom stereocenters. The monoisotopic (exact) mass is 267 g/mol. The number of thiophene rings is 1. The van der Waals surface area contributed by atoms with Crippen molar-refractivity contribution in [3.8, 4) is 0 Å². The maximum Gasteiger partial charge on any atom is 0.240 e. The molecule has 2 aromatic heterocycles. The van der Waals surface area contributed by atoms with E-state index in [1.807, 2.05) is 18.4 Å². The second-order valence-electron chi connectivity index (χ2n) is 3.66. The van der Waals surface area contributed by atoms with Gasteiger partial charge in [-0.05, 0) is 24.8 Å². The topological polar surface area (TPSA) is 85.1 Å². The molecular formula is C11H17N5OS. The second-order valence-corrected chi connectivity index (χ2v) is 4.55. The smallest absolute Gasteiger partial charge is 0.240 e. The zero-order chi connectivity index (χ0) is 12.8. The molecule has 6 nitrogen and oxygen atoms in total. The van der Waals surface area contributed by atoms with Crippen LogP contribution in [0, 0.1) is 0 Å². The summed E-state index contributed by atoms with van der Waals surface area (Å²) in [6, 6.07) is 2.01. The standard InChI is InChI=1S/C11H17N5OS/c1-2-17-6-3-5-13-9-8-4-7-18-10(8)15-11(14-9)16-12/h4,7H,2-3,5-6,12H2,1H3,(H2,13,14,15,16). The molecule has 0 spiro atoms. The molecule has 98 valence electrons. The maximum atomic E-state index is 5.35. The number of aromatic nitrogens is 2. The number of nitrogens with one attached hydrogen (secondary N) is 2. The molecule has 0 unspecified atom stereocenters. The van der Waals surface area contributed by atoms with E-state index in [-0.39, 0.29) is 0 Å². The Morgan fingerprint density at radius 3 is 3.11 bits per heavy atom. The Kier molecular flexibility index (Phi) is 4.68. The lowest BCUT2D eigenvalue weighted by atomic mass is 10.3. The number of anilines is 2. The molecule has 0 aliphatic rings. The van der Waals surface area contributed by atoms with Crippen molar-refractivity contribution in [3.63, 3.8) is 0 Å². The minimum atomic E-state index is 0.428. The number of hydrazine groups is 1. The fourth-order valence-electron chi connectivity index (χ4n) is 1.58. The van der Waals surface area contributed by atoms with Gasteiger partial charge in [0.1, 0.15) is 10.6 Å². The molecule has 0 aliphatic heterocycles. The van der Waals surface area contributed by atoms with Crippen LogP contribution in [0.3, 0.4) is 0 Å². The van der Waals surface area contributed by atoms with Gasteiger partial charge in [-0.3, -0.25) is 5.43 Å². The number of nitrogen functional groups attached to an aromatic ring is 1. The second kappa shape index (κ2) is 6.48. The Balaban J connectivity index is 2.04. The van der Waals surface area contributed by atoms with E-state index < -0.39 is 0 Å². The molecule has 2 heterocycles. The Morgan fingerprint density at radius 1 is 1.44 bits per heavy atom. The minimum absolute atomic E-state index is 0.428. The van der Waals surface area contributed by atoms with E-state index >= 15 is 0 Å². The van der Waals surface area contributed by atoms with E-state index in [2.05, 4.69) is 20.7 Å². The SMILES string of the molecule is CCOCCCNc1nc(NN)nc2sccc12. The Hall–Kier alpha value is -1.44. The fraction of sp³-hybridized carbons (Fsp3) is 0.455. The molecule has 0 radical (unpaired) electrons. The molecule has 2 aromatic rings. The van der Waals surface area contributed by atoms with Gasteiger partial charge in [0.2, 0.25) is 5.95 Å². The predicted octanol–water partition coefficient (Wildman–Crippen LogP) is 1.82. The summed E-state index contributed by atoms with van der Waals surface area (Å²) < 4.78 is 5.29. The molecule has 0 amide bonds. The lowest BCUT2D eigenvalue weighted by Crippen LogP contribution is -2.13.